The number of halogens is 2. The zero-order valence-corrected chi connectivity index (χ0v) is 13.1. The number of benzene rings is 1. The lowest BCUT2D eigenvalue weighted by Gasteiger charge is -2.20. The largest absolute Gasteiger partial charge is 0.355 e. The number of hydrogen-bond donors (Lipinski definition) is 1. The van der Waals surface area contributed by atoms with E-state index in [9.17, 15) is 0 Å². The Hall–Kier alpha value is -0.920. The van der Waals surface area contributed by atoms with E-state index >= 15 is 0 Å². The Morgan fingerprint density at radius 2 is 1.68 bits per heavy atom. The summed E-state index contributed by atoms with van der Waals surface area (Å²) in [6, 6.07) is 8.44. The monoisotopic (exact) mass is 295 g/mol. The average molecular weight is 296 g/mol. The number of nitrogens with one attached hydrogen (secondary N) is 1. The van der Waals surface area contributed by atoms with Gasteiger partial charge in [0, 0.05) is 10.7 Å². The van der Waals surface area contributed by atoms with E-state index in [2.05, 4.69) is 56.4 Å². The van der Waals surface area contributed by atoms with E-state index in [1.807, 2.05) is 0 Å². The number of rotatable bonds is 2. The minimum atomic E-state index is 0.170. The van der Waals surface area contributed by atoms with Crippen LogP contribution in [0.3, 0.4) is 0 Å². The Morgan fingerprint density at radius 1 is 1.05 bits per heavy atom. The van der Waals surface area contributed by atoms with E-state index in [1.54, 1.807) is 0 Å². The van der Waals surface area contributed by atoms with Crippen LogP contribution in [0.1, 0.15) is 39.2 Å². The van der Waals surface area contributed by atoms with Gasteiger partial charge in [0.2, 0.25) is 0 Å². The average Bonchev–Trinajstić information content (AvgIpc) is 2.35. The van der Waals surface area contributed by atoms with Crippen LogP contribution in [-0.4, -0.2) is 0 Å². The first-order chi connectivity index (χ1) is 8.88. The third-order valence-electron chi connectivity index (χ3n) is 3.22. The molecule has 3 heteroatoms. The van der Waals surface area contributed by atoms with Crippen LogP contribution in [0.4, 0.5) is 5.69 Å². The van der Waals surface area contributed by atoms with Gasteiger partial charge in [0.15, 0.2) is 0 Å². The molecule has 1 nitrogen and oxygen atoms in total. The van der Waals surface area contributed by atoms with Crippen LogP contribution in [0.5, 0.6) is 0 Å². The highest BCUT2D eigenvalue weighted by Crippen LogP contribution is 2.32. The molecule has 1 N–H and O–H groups in total. The van der Waals surface area contributed by atoms with E-state index in [1.165, 1.54) is 5.56 Å². The number of anilines is 1. The van der Waals surface area contributed by atoms with Crippen molar-refractivity contribution in [1.82, 2.24) is 0 Å². The highest BCUT2D eigenvalue weighted by Gasteiger charge is 2.15. The Morgan fingerprint density at radius 3 is 2.26 bits per heavy atom. The minimum Gasteiger partial charge on any atom is -0.355 e. The van der Waals surface area contributed by atoms with Gasteiger partial charge in [0.1, 0.15) is 0 Å². The van der Waals surface area contributed by atoms with Crippen LogP contribution in [0, 0.1) is 0 Å². The molecule has 0 bridgehead atoms. The van der Waals surface area contributed by atoms with Gasteiger partial charge < -0.3 is 5.32 Å². The van der Waals surface area contributed by atoms with Gasteiger partial charge in [-0.3, -0.25) is 0 Å². The molecule has 1 aromatic rings. The summed E-state index contributed by atoms with van der Waals surface area (Å²) in [5, 5.41) is 4.69. The van der Waals surface area contributed by atoms with Crippen molar-refractivity contribution in [2.75, 3.05) is 5.32 Å². The Labute approximate surface area is 125 Å². The lowest BCUT2D eigenvalue weighted by Crippen LogP contribution is -2.11. The molecule has 19 heavy (non-hydrogen) atoms. The van der Waals surface area contributed by atoms with Gasteiger partial charge in [-0.05, 0) is 36.0 Å². The van der Waals surface area contributed by atoms with Crippen LogP contribution in [0.15, 0.2) is 46.1 Å². The van der Waals surface area contributed by atoms with Crippen molar-refractivity contribution in [3.63, 3.8) is 0 Å². The second-order valence-electron chi connectivity index (χ2n) is 5.83. The summed E-state index contributed by atoms with van der Waals surface area (Å²) in [5.74, 6) is 0. The maximum atomic E-state index is 6.20. The Bertz CT molecular complexity index is 519. The summed E-state index contributed by atoms with van der Waals surface area (Å²) < 4.78 is 0. The van der Waals surface area contributed by atoms with Crippen molar-refractivity contribution in [2.24, 2.45) is 0 Å². The van der Waals surface area contributed by atoms with Crippen molar-refractivity contribution in [3.8, 4) is 0 Å². The third-order valence-corrected chi connectivity index (χ3v) is 4.12. The van der Waals surface area contributed by atoms with E-state index in [0.717, 1.165) is 29.3 Å². The molecule has 0 atom stereocenters. The molecule has 2 rings (SSSR count). The van der Waals surface area contributed by atoms with Gasteiger partial charge in [0.25, 0.3) is 0 Å². The van der Waals surface area contributed by atoms with Crippen molar-refractivity contribution in [1.29, 1.82) is 0 Å². The minimum absolute atomic E-state index is 0.170. The molecule has 0 unspecified atom stereocenters. The van der Waals surface area contributed by atoms with E-state index in [0.29, 0.717) is 5.03 Å². The third kappa shape index (κ3) is 3.55. The second-order valence-corrected chi connectivity index (χ2v) is 6.66. The first kappa shape index (κ1) is 14.5. The second kappa shape index (κ2) is 5.60. The highest BCUT2D eigenvalue weighted by atomic mass is 35.5. The summed E-state index contributed by atoms with van der Waals surface area (Å²) >= 11 is 12.3. The normalized spacial score (nSPS) is 16.4. The lowest BCUT2D eigenvalue weighted by atomic mass is 9.87. The molecule has 0 aromatic heterocycles. The van der Waals surface area contributed by atoms with E-state index in [4.69, 9.17) is 23.2 Å². The van der Waals surface area contributed by atoms with Gasteiger partial charge in [0.05, 0.1) is 10.7 Å². The summed E-state index contributed by atoms with van der Waals surface area (Å²) in [6.07, 6.45) is 3.85. The molecule has 1 aliphatic carbocycles. The van der Waals surface area contributed by atoms with Crippen LogP contribution in [0.25, 0.3) is 0 Å². The van der Waals surface area contributed by atoms with Crippen LogP contribution >= 0.6 is 23.2 Å². The molecule has 0 amide bonds. The van der Waals surface area contributed by atoms with Crippen molar-refractivity contribution in [2.45, 2.75) is 39.0 Å². The SMILES string of the molecule is CC(C)(C)c1ccc(NC2=CCCC(Cl)=C2Cl)cc1. The molecule has 102 valence electrons. The van der Waals surface area contributed by atoms with Crippen molar-refractivity contribution >= 4 is 28.9 Å². The zero-order chi connectivity index (χ0) is 14.0. The van der Waals surface area contributed by atoms with E-state index in [-0.39, 0.29) is 5.41 Å². The fourth-order valence-corrected chi connectivity index (χ4v) is 2.43. The molecule has 0 radical (unpaired) electrons. The number of hydrogen-bond acceptors (Lipinski definition) is 1. The molecule has 0 aliphatic heterocycles. The van der Waals surface area contributed by atoms with Crippen LogP contribution in [0.2, 0.25) is 0 Å². The summed E-state index contributed by atoms with van der Waals surface area (Å²) in [5.41, 5.74) is 3.42. The fourth-order valence-electron chi connectivity index (χ4n) is 2.00. The molecule has 0 heterocycles. The zero-order valence-electron chi connectivity index (χ0n) is 11.6. The van der Waals surface area contributed by atoms with Gasteiger partial charge >= 0.3 is 0 Å². The molecular formula is C16H19Cl2N. The Balaban J connectivity index is 2.15. The molecule has 0 spiro atoms. The van der Waals surface area contributed by atoms with Gasteiger partial charge in [-0.15, -0.1) is 0 Å². The van der Waals surface area contributed by atoms with Gasteiger partial charge in [-0.25, -0.2) is 0 Å². The maximum Gasteiger partial charge on any atom is 0.0782 e. The smallest absolute Gasteiger partial charge is 0.0782 e. The van der Waals surface area contributed by atoms with Crippen molar-refractivity contribution in [3.05, 3.63) is 51.7 Å². The van der Waals surface area contributed by atoms with Crippen LogP contribution < -0.4 is 5.32 Å². The molecule has 0 saturated heterocycles. The quantitative estimate of drug-likeness (QED) is 0.731. The fraction of sp³-hybridized carbons (Fsp3) is 0.375. The Kier molecular flexibility index (Phi) is 4.27. The first-order valence-electron chi connectivity index (χ1n) is 6.50. The maximum absolute atomic E-state index is 6.20. The van der Waals surface area contributed by atoms with Crippen LogP contribution in [-0.2, 0) is 5.41 Å². The first-order valence-corrected chi connectivity index (χ1v) is 7.26. The van der Waals surface area contributed by atoms with Gasteiger partial charge in [-0.1, -0.05) is 62.2 Å². The predicted octanol–water partition coefficient (Wildman–Crippen LogP) is 5.76. The molecule has 1 aromatic carbocycles. The molecule has 1 aliphatic rings. The predicted molar refractivity (Wildman–Crippen MR) is 84.8 cm³/mol. The molecule has 0 saturated carbocycles. The van der Waals surface area contributed by atoms with E-state index < -0.39 is 0 Å². The summed E-state index contributed by atoms with van der Waals surface area (Å²) in [7, 11) is 0. The standard InChI is InChI=1S/C16H19Cl2N/c1-16(2,3)11-7-9-12(10-8-11)19-14-6-4-5-13(17)15(14)18/h6-10,19H,4-5H2,1-3H3. The number of allylic oxidation sites excluding steroid dienone is 3. The van der Waals surface area contributed by atoms with Crippen molar-refractivity contribution < 1.29 is 0 Å². The highest BCUT2D eigenvalue weighted by molar-refractivity contribution is 6.41. The molecule has 0 fully saturated rings. The summed E-state index contributed by atoms with van der Waals surface area (Å²) in [4.78, 5) is 0. The van der Waals surface area contributed by atoms with Gasteiger partial charge in [-0.2, -0.15) is 0 Å². The summed E-state index contributed by atoms with van der Waals surface area (Å²) in [6.45, 7) is 6.62. The lowest BCUT2D eigenvalue weighted by molar-refractivity contribution is 0.590. The topological polar surface area (TPSA) is 12.0 Å². The molecular weight excluding hydrogens is 277 g/mol.